The topological polar surface area (TPSA) is 45.7 Å². The van der Waals surface area contributed by atoms with Gasteiger partial charge in [-0.2, -0.15) is 0 Å². The third kappa shape index (κ3) is 8.58. The summed E-state index contributed by atoms with van der Waals surface area (Å²) in [4.78, 5) is 4.24. The average molecular weight is 419 g/mol. The highest BCUT2D eigenvalue weighted by Crippen LogP contribution is 2.10. The van der Waals surface area contributed by atoms with Gasteiger partial charge in [0.2, 0.25) is 0 Å². The van der Waals surface area contributed by atoms with Crippen LogP contribution in [-0.2, 0) is 17.9 Å². The maximum absolute atomic E-state index is 5.65. The second kappa shape index (κ2) is 13.8. The zero-order chi connectivity index (χ0) is 15.3. The van der Waals surface area contributed by atoms with E-state index >= 15 is 0 Å². The lowest BCUT2D eigenvalue weighted by Crippen LogP contribution is -2.37. The quantitative estimate of drug-likeness (QED) is 0.278. The number of halogens is 1. The van der Waals surface area contributed by atoms with Crippen molar-refractivity contribution in [3.63, 3.8) is 0 Å². The summed E-state index contributed by atoms with van der Waals surface area (Å²) in [6.45, 7) is 7.51. The Bertz CT molecular complexity index is 424. The van der Waals surface area contributed by atoms with E-state index in [9.17, 15) is 0 Å². The Labute approximate surface area is 152 Å². The highest BCUT2D eigenvalue weighted by Gasteiger charge is 2.03. The van der Waals surface area contributed by atoms with Crippen LogP contribution in [0.3, 0.4) is 0 Å². The monoisotopic (exact) mass is 419 g/mol. The van der Waals surface area contributed by atoms with Gasteiger partial charge in [-0.25, -0.2) is 0 Å². The third-order valence-corrected chi connectivity index (χ3v) is 3.22. The summed E-state index contributed by atoms with van der Waals surface area (Å²) in [7, 11) is 1.80. The maximum atomic E-state index is 5.65. The minimum Gasteiger partial charge on any atom is -0.377 e. The summed E-state index contributed by atoms with van der Waals surface area (Å²) < 4.78 is 5.65. The number of hydrogen-bond donors (Lipinski definition) is 2. The Morgan fingerprint density at radius 2 is 1.82 bits per heavy atom. The van der Waals surface area contributed by atoms with Crippen molar-refractivity contribution in [2.24, 2.45) is 4.99 Å². The number of ether oxygens (including phenoxy) is 1. The largest absolute Gasteiger partial charge is 0.377 e. The fourth-order valence-corrected chi connectivity index (χ4v) is 1.98. The van der Waals surface area contributed by atoms with Crippen molar-refractivity contribution in [3.8, 4) is 0 Å². The molecule has 4 nitrogen and oxygen atoms in total. The van der Waals surface area contributed by atoms with Crippen LogP contribution < -0.4 is 10.6 Å². The van der Waals surface area contributed by atoms with Gasteiger partial charge in [-0.05, 0) is 24.0 Å². The van der Waals surface area contributed by atoms with Gasteiger partial charge in [0.05, 0.1) is 6.61 Å². The van der Waals surface area contributed by atoms with Crippen molar-refractivity contribution >= 4 is 29.9 Å². The Balaban J connectivity index is 0.00000441. The number of rotatable bonds is 9. The highest BCUT2D eigenvalue weighted by atomic mass is 127. The van der Waals surface area contributed by atoms with Crippen molar-refractivity contribution < 1.29 is 4.74 Å². The molecule has 1 rings (SSSR count). The molecule has 0 unspecified atom stereocenters. The second-order valence-corrected chi connectivity index (χ2v) is 5.03. The Morgan fingerprint density at radius 1 is 1.09 bits per heavy atom. The van der Waals surface area contributed by atoms with Crippen LogP contribution in [0.1, 0.15) is 44.2 Å². The van der Waals surface area contributed by atoms with Crippen molar-refractivity contribution in [3.05, 3.63) is 35.4 Å². The van der Waals surface area contributed by atoms with Crippen LogP contribution >= 0.6 is 24.0 Å². The smallest absolute Gasteiger partial charge is 0.191 e. The molecule has 1 aromatic rings. The average Bonchev–Trinajstić information content (AvgIpc) is 2.52. The van der Waals surface area contributed by atoms with E-state index in [4.69, 9.17) is 4.74 Å². The van der Waals surface area contributed by atoms with Crippen LogP contribution in [0.5, 0.6) is 0 Å². The fourth-order valence-electron chi connectivity index (χ4n) is 1.98. The zero-order valence-electron chi connectivity index (χ0n) is 14.0. The van der Waals surface area contributed by atoms with Gasteiger partial charge in [0.15, 0.2) is 5.96 Å². The van der Waals surface area contributed by atoms with Crippen LogP contribution in [0, 0.1) is 0 Å². The minimum atomic E-state index is 0. The molecule has 2 N–H and O–H groups in total. The van der Waals surface area contributed by atoms with Gasteiger partial charge in [-0.3, -0.25) is 4.99 Å². The first kappa shape index (κ1) is 21.2. The normalized spacial score (nSPS) is 11.0. The Morgan fingerprint density at radius 3 is 2.45 bits per heavy atom. The first-order chi connectivity index (χ1) is 10.3. The molecule has 0 saturated heterocycles. The van der Waals surface area contributed by atoms with E-state index in [0.29, 0.717) is 6.61 Å². The molecule has 0 amide bonds. The first-order valence-corrected chi connectivity index (χ1v) is 7.90. The van der Waals surface area contributed by atoms with E-state index in [0.717, 1.165) is 38.5 Å². The van der Waals surface area contributed by atoms with Gasteiger partial charge in [-0.15, -0.1) is 24.0 Å². The first-order valence-electron chi connectivity index (χ1n) is 7.90. The molecule has 1 aromatic carbocycles. The lowest BCUT2D eigenvalue weighted by molar-refractivity contribution is 0.121. The highest BCUT2D eigenvalue weighted by molar-refractivity contribution is 14.0. The molecule has 0 aromatic heterocycles. The number of hydrogen-bond acceptors (Lipinski definition) is 2. The van der Waals surface area contributed by atoms with Gasteiger partial charge in [0.1, 0.15) is 0 Å². The van der Waals surface area contributed by atoms with E-state index in [1.54, 1.807) is 7.05 Å². The SMILES string of the molecule is CCCCNC(=NC)NCc1ccccc1COCCC.I. The van der Waals surface area contributed by atoms with E-state index < -0.39 is 0 Å². The molecule has 0 aliphatic rings. The third-order valence-electron chi connectivity index (χ3n) is 3.22. The van der Waals surface area contributed by atoms with Crippen molar-refractivity contribution in [2.75, 3.05) is 20.2 Å². The molecule has 0 heterocycles. The van der Waals surface area contributed by atoms with Crippen LogP contribution in [0.4, 0.5) is 0 Å². The van der Waals surface area contributed by atoms with Crippen molar-refractivity contribution in [1.29, 1.82) is 0 Å². The van der Waals surface area contributed by atoms with Gasteiger partial charge in [0, 0.05) is 26.7 Å². The number of benzene rings is 1. The molecule has 22 heavy (non-hydrogen) atoms. The Hall–Kier alpha value is -0.820. The van der Waals surface area contributed by atoms with E-state index in [1.165, 1.54) is 17.5 Å². The van der Waals surface area contributed by atoms with E-state index in [-0.39, 0.29) is 24.0 Å². The molecular formula is C17H30IN3O. The Kier molecular flexibility index (Phi) is 13.3. The predicted molar refractivity (Wildman–Crippen MR) is 105 cm³/mol. The summed E-state index contributed by atoms with van der Waals surface area (Å²) in [6, 6.07) is 8.38. The standard InChI is InChI=1S/C17H29N3O.HI/c1-4-6-11-19-17(18-3)20-13-15-9-7-8-10-16(15)14-21-12-5-2;/h7-10H,4-6,11-14H2,1-3H3,(H2,18,19,20);1H. The lowest BCUT2D eigenvalue weighted by Gasteiger charge is -2.14. The maximum Gasteiger partial charge on any atom is 0.191 e. The van der Waals surface area contributed by atoms with Gasteiger partial charge >= 0.3 is 0 Å². The van der Waals surface area contributed by atoms with Gasteiger partial charge < -0.3 is 15.4 Å². The van der Waals surface area contributed by atoms with Crippen molar-refractivity contribution in [1.82, 2.24) is 10.6 Å². The lowest BCUT2D eigenvalue weighted by atomic mass is 10.1. The van der Waals surface area contributed by atoms with E-state index in [2.05, 4.69) is 53.7 Å². The number of nitrogens with zero attached hydrogens (tertiary/aromatic N) is 1. The molecule has 0 fully saturated rings. The molecular weight excluding hydrogens is 389 g/mol. The molecule has 0 spiro atoms. The molecule has 0 radical (unpaired) electrons. The molecule has 0 bridgehead atoms. The van der Waals surface area contributed by atoms with Gasteiger partial charge in [-0.1, -0.05) is 44.5 Å². The summed E-state index contributed by atoms with van der Waals surface area (Å²) in [6.07, 6.45) is 3.39. The number of aliphatic imine (C=N–C) groups is 1. The minimum absolute atomic E-state index is 0. The molecule has 0 saturated carbocycles. The van der Waals surface area contributed by atoms with Crippen LogP contribution in [0.2, 0.25) is 0 Å². The summed E-state index contributed by atoms with van der Waals surface area (Å²) >= 11 is 0. The molecule has 0 atom stereocenters. The second-order valence-electron chi connectivity index (χ2n) is 5.03. The number of unbranched alkanes of at least 4 members (excludes halogenated alkanes) is 1. The summed E-state index contributed by atoms with van der Waals surface area (Å²) in [5.41, 5.74) is 2.49. The molecule has 126 valence electrons. The van der Waals surface area contributed by atoms with E-state index in [1.807, 2.05) is 0 Å². The van der Waals surface area contributed by atoms with Gasteiger partial charge in [0.25, 0.3) is 0 Å². The molecule has 0 aliphatic heterocycles. The molecule has 0 aliphatic carbocycles. The number of guanidine groups is 1. The van der Waals surface area contributed by atoms with Crippen molar-refractivity contribution in [2.45, 2.75) is 46.3 Å². The summed E-state index contributed by atoms with van der Waals surface area (Å²) in [5.74, 6) is 0.854. The predicted octanol–water partition coefficient (Wildman–Crippen LogP) is 3.70. The fraction of sp³-hybridized carbons (Fsp3) is 0.588. The number of nitrogens with one attached hydrogen (secondary N) is 2. The zero-order valence-corrected chi connectivity index (χ0v) is 16.4. The summed E-state index contributed by atoms with van der Waals surface area (Å²) in [5, 5.41) is 6.68. The van der Waals surface area contributed by atoms with Crippen LogP contribution in [-0.4, -0.2) is 26.2 Å². The van der Waals surface area contributed by atoms with Crippen LogP contribution in [0.25, 0.3) is 0 Å². The van der Waals surface area contributed by atoms with Crippen LogP contribution in [0.15, 0.2) is 29.3 Å². The molecule has 5 heteroatoms.